The van der Waals surface area contributed by atoms with Gasteiger partial charge in [0.05, 0.1) is 15.8 Å². The molecule has 0 saturated heterocycles. The van der Waals surface area contributed by atoms with Gasteiger partial charge in [0.1, 0.15) is 0 Å². The highest BCUT2D eigenvalue weighted by atomic mass is 35.5. The predicted molar refractivity (Wildman–Crippen MR) is 83.9 cm³/mol. The molecule has 0 heterocycles. The van der Waals surface area contributed by atoms with Crippen LogP contribution in [0.1, 0.15) is 11.1 Å². The number of rotatable bonds is 4. The Kier molecular flexibility index (Phi) is 4.58. The van der Waals surface area contributed by atoms with Gasteiger partial charge < -0.3 is 0 Å². The SMILES string of the molecule is Cc1ccc(NS(=O)(=O)Cc2ccc(Cl)c(Cl)c2)cc1. The summed E-state index contributed by atoms with van der Waals surface area (Å²) in [7, 11) is -3.48. The smallest absolute Gasteiger partial charge is 0.236 e. The van der Waals surface area contributed by atoms with Gasteiger partial charge in [0, 0.05) is 5.69 Å². The Labute approximate surface area is 128 Å². The molecule has 0 radical (unpaired) electrons. The lowest BCUT2D eigenvalue weighted by Crippen LogP contribution is -2.15. The summed E-state index contributed by atoms with van der Waals surface area (Å²) in [6.07, 6.45) is 0. The lowest BCUT2D eigenvalue weighted by molar-refractivity contribution is 0.600. The van der Waals surface area contributed by atoms with Crippen LogP contribution >= 0.6 is 23.2 Å². The van der Waals surface area contributed by atoms with Gasteiger partial charge in [-0.2, -0.15) is 0 Å². The van der Waals surface area contributed by atoms with E-state index in [9.17, 15) is 8.42 Å². The van der Waals surface area contributed by atoms with E-state index in [4.69, 9.17) is 23.2 Å². The molecule has 3 nitrogen and oxygen atoms in total. The second-order valence-electron chi connectivity index (χ2n) is 4.48. The van der Waals surface area contributed by atoms with E-state index in [2.05, 4.69) is 4.72 Å². The van der Waals surface area contributed by atoms with Gasteiger partial charge in [-0.3, -0.25) is 4.72 Å². The first-order valence-electron chi connectivity index (χ1n) is 5.87. The summed E-state index contributed by atoms with van der Waals surface area (Å²) in [4.78, 5) is 0. The maximum atomic E-state index is 12.1. The molecule has 2 aromatic carbocycles. The van der Waals surface area contributed by atoms with Crippen LogP contribution in [-0.2, 0) is 15.8 Å². The van der Waals surface area contributed by atoms with E-state index < -0.39 is 10.0 Å². The van der Waals surface area contributed by atoms with Crippen molar-refractivity contribution < 1.29 is 8.42 Å². The van der Waals surface area contributed by atoms with E-state index >= 15 is 0 Å². The zero-order valence-corrected chi connectivity index (χ0v) is 13.1. The van der Waals surface area contributed by atoms with Crippen molar-refractivity contribution in [2.45, 2.75) is 12.7 Å². The molecule has 0 aromatic heterocycles. The summed E-state index contributed by atoms with van der Waals surface area (Å²) >= 11 is 11.7. The first-order chi connectivity index (χ1) is 9.35. The second kappa shape index (κ2) is 6.04. The number of anilines is 1. The normalized spacial score (nSPS) is 11.3. The molecule has 0 unspecified atom stereocenters. The molecule has 0 bridgehead atoms. The maximum Gasteiger partial charge on any atom is 0.236 e. The number of sulfonamides is 1. The van der Waals surface area contributed by atoms with Gasteiger partial charge in [-0.1, -0.05) is 47.0 Å². The van der Waals surface area contributed by atoms with Crippen LogP contribution < -0.4 is 4.72 Å². The lowest BCUT2D eigenvalue weighted by atomic mass is 10.2. The molecule has 106 valence electrons. The summed E-state index contributed by atoms with van der Waals surface area (Å²) < 4.78 is 26.7. The first kappa shape index (κ1) is 15.2. The van der Waals surface area contributed by atoms with Gasteiger partial charge in [-0.15, -0.1) is 0 Å². The fourth-order valence-corrected chi connectivity index (χ4v) is 3.19. The van der Waals surface area contributed by atoms with Crippen LogP contribution in [0.15, 0.2) is 42.5 Å². The van der Waals surface area contributed by atoms with Gasteiger partial charge in [-0.05, 0) is 36.8 Å². The molecular weight excluding hydrogens is 317 g/mol. The van der Waals surface area contributed by atoms with Crippen LogP contribution in [0.25, 0.3) is 0 Å². The standard InChI is InChI=1S/C14H13Cl2NO2S/c1-10-2-5-12(6-3-10)17-20(18,19)9-11-4-7-13(15)14(16)8-11/h2-8,17H,9H2,1H3. The zero-order chi connectivity index (χ0) is 14.8. The molecule has 0 atom stereocenters. The highest BCUT2D eigenvalue weighted by molar-refractivity contribution is 7.91. The number of hydrogen-bond donors (Lipinski definition) is 1. The van der Waals surface area contributed by atoms with Gasteiger partial charge in [-0.25, -0.2) is 8.42 Å². The van der Waals surface area contributed by atoms with Gasteiger partial charge in [0.15, 0.2) is 0 Å². The number of hydrogen-bond acceptors (Lipinski definition) is 2. The molecule has 0 amide bonds. The highest BCUT2D eigenvalue weighted by Crippen LogP contribution is 2.24. The van der Waals surface area contributed by atoms with Crippen molar-refractivity contribution in [3.63, 3.8) is 0 Å². The van der Waals surface area contributed by atoms with Crippen molar-refractivity contribution in [1.82, 2.24) is 0 Å². The number of benzene rings is 2. The van der Waals surface area contributed by atoms with E-state index in [0.717, 1.165) is 5.56 Å². The minimum Gasteiger partial charge on any atom is -0.283 e. The Morgan fingerprint density at radius 3 is 2.25 bits per heavy atom. The third-order valence-corrected chi connectivity index (χ3v) is 4.66. The molecule has 0 spiro atoms. The van der Waals surface area contributed by atoms with Crippen molar-refractivity contribution in [3.8, 4) is 0 Å². The monoisotopic (exact) mass is 329 g/mol. The summed E-state index contributed by atoms with van der Waals surface area (Å²) in [5.41, 5.74) is 2.19. The molecule has 0 aliphatic heterocycles. The van der Waals surface area contributed by atoms with E-state index in [-0.39, 0.29) is 5.75 Å². The van der Waals surface area contributed by atoms with Crippen LogP contribution in [0, 0.1) is 6.92 Å². The van der Waals surface area contributed by atoms with Crippen LogP contribution in [0.3, 0.4) is 0 Å². The topological polar surface area (TPSA) is 46.2 Å². The molecule has 0 aliphatic carbocycles. The van der Waals surface area contributed by atoms with Crippen LogP contribution in [0.4, 0.5) is 5.69 Å². The summed E-state index contributed by atoms with van der Waals surface area (Å²) in [5, 5.41) is 0.744. The van der Waals surface area contributed by atoms with Gasteiger partial charge >= 0.3 is 0 Å². The number of halogens is 2. The van der Waals surface area contributed by atoms with Crippen LogP contribution in [0.2, 0.25) is 10.0 Å². The summed E-state index contributed by atoms with van der Waals surface area (Å²) in [6.45, 7) is 1.94. The maximum absolute atomic E-state index is 12.1. The van der Waals surface area contributed by atoms with Gasteiger partial charge in [0.2, 0.25) is 10.0 Å². The Morgan fingerprint density at radius 1 is 1.00 bits per heavy atom. The third kappa shape index (κ3) is 4.13. The molecule has 0 saturated carbocycles. The van der Waals surface area contributed by atoms with E-state index in [0.29, 0.717) is 21.3 Å². The molecule has 1 N–H and O–H groups in total. The fraction of sp³-hybridized carbons (Fsp3) is 0.143. The Bertz CT molecular complexity index is 712. The predicted octanol–water partition coefficient (Wildman–Crippen LogP) is 4.24. The van der Waals surface area contributed by atoms with Crippen LogP contribution in [0.5, 0.6) is 0 Å². The quantitative estimate of drug-likeness (QED) is 0.911. The summed E-state index contributed by atoms with van der Waals surface area (Å²) in [5.74, 6) is -0.155. The minimum atomic E-state index is -3.48. The summed E-state index contributed by atoms with van der Waals surface area (Å²) in [6, 6.07) is 11.9. The van der Waals surface area contributed by atoms with E-state index in [1.54, 1.807) is 30.3 Å². The van der Waals surface area contributed by atoms with Crippen LogP contribution in [-0.4, -0.2) is 8.42 Å². The molecule has 6 heteroatoms. The Hall–Kier alpha value is -1.23. The largest absolute Gasteiger partial charge is 0.283 e. The fourth-order valence-electron chi connectivity index (χ4n) is 1.69. The molecule has 2 rings (SSSR count). The number of aryl methyl sites for hydroxylation is 1. The Balaban J connectivity index is 2.14. The first-order valence-corrected chi connectivity index (χ1v) is 8.28. The average Bonchev–Trinajstić information content (AvgIpc) is 2.36. The van der Waals surface area contributed by atoms with Crippen molar-refractivity contribution in [1.29, 1.82) is 0 Å². The van der Waals surface area contributed by atoms with Crippen molar-refractivity contribution in [2.75, 3.05) is 4.72 Å². The van der Waals surface area contributed by atoms with E-state index in [1.807, 2.05) is 19.1 Å². The van der Waals surface area contributed by atoms with Crippen molar-refractivity contribution in [3.05, 3.63) is 63.6 Å². The van der Waals surface area contributed by atoms with E-state index in [1.165, 1.54) is 0 Å². The second-order valence-corrected chi connectivity index (χ2v) is 7.01. The Morgan fingerprint density at radius 2 is 1.65 bits per heavy atom. The molecule has 0 fully saturated rings. The molecular formula is C14H13Cl2NO2S. The lowest BCUT2D eigenvalue weighted by Gasteiger charge is -2.09. The number of nitrogens with one attached hydrogen (secondary N) is 1. The highest BCUT2D eigenvalue weighted by Gasteiger charge is 2.12. The minimum absolute atomic E-state index is 0.155. The zero-order valence-electron chi connectivity index (χ0n) is 10.7. The molecule has 0 aliphatic rings. The molecule has 2 aromatic rings. The molecule has 20 heavy (non-hydrogen) atoms. The van der Waals surface area contributed by atoms with Crippen molar-refractivity contribution >= 4 is 38.9 Å². The van der Waals surface area contributed by atoms with Crippen molar-refractivity contribution in [2.24, 2.45) is 0 Å². The average molecular weight is 330 g/mol. The van der Waals surface area contributed by atoms with Gasteiger partial charge in [0.25, 0.3) is 0 Å². The third-order valence-electron chi connectivity index (χ3n) is 2.67.